The van der Waals surface area contributed by atoms with Crippen LogP contribution in [0.3, 0.4) is 0 Å². The zero-order valence-electron chi connectivity index (χ0n) is 49.3. The molecule has 74 heavy (non-hydrogen) atoms. The molecule has 12 unspecified atom stereocenters. The molecule has 1 heterocycles. The number of nitrogens with zero attached hydrogens (tertiary/aromatic N) is 3. The highest BCUT2D eigenvalue weighted by atomic mass is 28.5. The molecule has 1 fully saturated rings. The van der Waals surface area contributed by atoms with Crippen LogP contribution in [0.2, 0.25) is 18.1 Å². The molecule has 1 rings (SSSR count). The van der Waals surface area contributed by atoms with Crippen molar-refractivity contribution < 1.29 is 101 Å². The maximum Gasteiger partial charge on any atom is 0.493 e. The first kappa shape index (κ1) is 78.0. The average molecular weight is 1130 g/mol. The van der Waals surface area contributed by atoms with E-state index in [9.17, 15) is 30.6 Å². The second-order valence-corrected chi connectivity index (χ2v) is 30.6. The van der Waals surface area contributed by atoms with Gasteiger partial charge in [0.15, 0.2) is 0 Å². The predicted molar refractivity (Wildman–Crippen MR) is 286 cm³/mol. The average Bonchev–Trinajstić information content (AvgIpc) is 3.43. The van der Waals surface area contributed by atoms with E-state index >= 15 is 0 Å². The summed E-state index contributed by atoms with van der Waals surface area (Å²) >= 11 is 0. The molecule has 0 amide bonds. The van der Waals surface area contributed by atoms with Crippen molar-refractivity contribution in [3.05, 3.63) is 0 Å². The first-order valence-electron chi connectivity index (χ1n) is 27.4. The summed E-state index contributed by atoms with van der Waals surface area (Å²) in [7, 11) is 5.11. The van der Waals surface area contributed by atoms with Crippen LogP contribution in [0.15, 0.2) is 0 Å². The highest BCUT2D eigenvalue weighted by Gasteiger charge is 2.59. The largest absolute Gasteiger partial charge is 0.850 e. The zero-order chi connectivity index (χ0) is 58.3. The molecule has 12 atom stereocenters. The van der Waals surface area contributed by atoms with E-state index in [1.807, 2.05) is 0 Å². The summed E-state index contributed by atoms with van der Waals surface area (Å²) < 4.78 is 34.4. The third-order valence-corrected chi connectivity index (χ3v) is 21.3. The van der Waals surface area contributed by atoms with Crippen molar-refractivity contribution in [2.24, 2.45) is 0 Å². The van der Waals surface area contributed by atoms with E-state index in [0.29, 0.717) is 24.9 Å². The summed E-state index contributed by atoms with van der Waals surface area (Å²) in [6.07, 6.45) is -2.28. The van der Waals surface area contributed by atoms with Gasteiger partial charge in [-0.3, -0.25) is 0 Å². The van der Waals surface area contributed by atoms with Crippen LogP contribution in [0.4, 0.5) is 0 Å². The van der Waals surface area contributed by atoms with E-state index in [2.05, 4.69) is 63.1 Å². The molecule has 1 aliphatic heterocycles. The summed E-state index contributed by atoms with van der Waals surface area (Å²) in [5.74, 6) is 0. The zero-order valence-corrected chi connectivity index (χ0v) is 52.3. The summed E-state index contributed by atoms with van der Waals surface area (Å²) in [4.78, 5) is 26.6. The monoisotopic (exact) mass is 1130 g/mol. The molecular weight excluding hydrogens is 1010 g/mol. The number of aliphatic hydroxyl groups excluding tert-OH is 6. The maximum atomic E-state index is 13.6. The van der Waals surface area contributed by atoms with Crippen LogP contribution < -0.4 is 20.4 Å². The van der Waals surface area contributed by atoms with Crippen molar-refractivity contribution in [2.75, 3.05) is 95.8 Å². The smallest absolute Gasteiger partial charge is 0.493 e. The molecule has 24 heteroatoms. The highest BCUT2D eigenvalue weighted by Crippen LogP contribution is 2.36. The number of hydrogen-bond acceptors (Lipinski definition) is 18. The van der Waals surface area contributed by atoms with Crippen LogP contribution >= 0.6 is 0 Å². The second kappa shape index (κ2) is 39.2. The molecule has 450 valence electrons. The van der Waals surface area contributed by atoms with Crippen LogP contribution in [0.25, 0.3) is 0 Å². The van der Waals surface area contributed by atoms with Crippen molar-refractivity contribution >= 4 is 26.4 Å². The van der Waals surface area contributed by atoms with Crippen molar-refractivity contribution in [3.8, 4) is 0 Å². The van der Waals surface area contributed by atoms with Crippen LogP contribution in [0.1, 0.15) is 139 Å². The van der Waals surface area contributed by atoms with E-state index in [1.165, 1.54) is 94.3 Å². The number of aliphatic hydroxyl groups is 6. The first-order valence-corrected chi connectivity index (χ1v) is 33.3. The molecule has 21 nitrogen and oxygen atoms in total. The molecule has 0 saturated carbocycles. The van der Waals surface area contributed by atoms with Gasteiger partial charge in [0.05, 0.1) is 118 Å². The van der Waals surface area contributed by atoms with Gasteiger partial charge >= 0.3 is 26.4 Å². The minimum atomic E-state index is -3.81. The van der Waals surface area contributed by atoms with E-state index < -0.39 is 99.7 Å². The normalized spacial score (nSPS) is 23.9. The summed E-state index contributed by atoms with van der Waals surface area (Å²) in [6.45, 7) is 20.6. The van der Waals surface area contributed by atoms with Crippen molar-refractivity contribution in [3.63, 3.8) is 0 Å². The molecule has 0 spiro atoms. The van der Waals surface area contributed by atoms with E-state index in [4.69, 9.17) is 56.6 Å². The Balaban J connectivity index is -0.00000130. The fourth-order valence-corrected chi connectivity index (χ4v) is 16.0. The molecule has 9 N–H and O–H groups in total. The van der Waals surface area contributed by atoms with Gasteiger partial charge in [-0.2, -0.15) is 0 Å². The van der Waals surface area contributed by atoms with E-state index in [0.717, 1.165) is 78.4 Å². The molecule has 0 aromatic carbocycles. The highest BCUT2D eigenvalue weighted by molar-refractivity contribution is 6.75. The lowest BCUT2D eigenvalue weighted by molar-refractivity contribution is -0.890. The van der Waals surface area contributed by atoms with Gasteiger partial charge in [0.2, 0.25) is 0 Å². The maximum absolute atomic E-state index is 13.6. The molecule has 1 aliphatic rings. The van der Waals surface area contributed by atoms with Crippen molar-refractivity contribution in [2.45, 2.75) is 231 Å². The van der Waals surface area contributed by atoms with Gasteiger partial charge in [0.25, 0.3) is 0 Å². The summed E-state index contributed by atoms with van der Waals surface area (Å²) in [5, 5.41) is 102. The van der Waals surface area contributed by atoms with Gasteiger partial charge in [0.1, 0.15) is 6.10 Å². The Morgan fingerprint density at radius 3 is 1.03 bits per heavy atom. The van der Waals surface area contributed by atoms with Crippen LogP contribution in [0.5, 0.6) is 0 Å². The number of unbranched alkanes of at least 4 members (excludes halogenated alkanes) is 6. The Labute approximate surface area is 452 Å². The molecule has 0 bridgehead atoms. The SMILES string of the molecule is CC(O)C(O)C(C)O.CC([O-])C(O)C(C)[O-].CCCCC[N+](C)(C)CCC[Si](O)(O)O.CCCCC[N+](C)(C)CCC[Si]1(OC)OC(C(C)[O-])C(C([O-])C(O)C(C)O)O[Si](CCC[N+](C)(C)CCCCC)(OC)O1. The predicted octanol–water partition coefficient (Wildman–Crippen LogP) is -0.997. The Hall–Kier alpha value is -0.189. The molecule has 0 aliphatic carbocycles. The third kappa shape index (κ3) is 36.1. The summed E-state index contributed by atoms with van der Waals surface area (Å²) in [6, 6.07) is 1.01. The lowest BCUT2D eigenvalue weighted by Crippen LogP contribution is -2.63. The van der Waals surface area contributed by atoms with E-state index in [-0.39, 0.29) is 6.04 Å². The molecule has 0 aromatic rings. The van der Waals surface area contributed by atoms with Gasteiger partial charge < -0.3 is 101 Å². The minimum Gasteiger partial charge on any atom is -0.850 e. The summed E-state index contributed by atoms with van der Waals surface area (Å²) in [5.41, 5.74) is 0. The topological polar surface area (TPSA) is 320 Å². The van der Waals surface area contributed by atoms with Crippen LogP contribution in [-0.2, 0) is 21.8 Å². The first-order chi connectivity index (χ1) is 33.9. The fourth-order valence-electron chi connectivity index (χ4n) is 8.20. The quantitative estimate of drug-likeness (QED) is 0.0212. The Morgan fingerprint density at radius 2 is 0.784 bits per heavy atom. The van der Waals surface area contributed by atoms with Gasteiger partial charge in [-0.25, -0.2) is 0 Å². The van der Waals surface area contributed by atoms with Gasteiger partial charge in [-0.05, 0) is 59.3 Å². The van der Waals surface area contributed by atoms with Gasteiger partial charge in [0, 0.05) is 57.7 Å². The molecular formula is C50H114N3O18Si3-. The standard InChI is InChI=1S/C30H66N2O9Si2.C10H26NO3Si.C5H12O3.C5H10O3/c1-11-13-15-19-31(5,6)21-17-23-42(37-9)39-29(26(4)34)30(28(36)27(35)25(3)33)40-43(38-10,41-42)24-18-22-32(7,8)20-16-14-12-2;1-4-5-6-8-11(2,3)9-7-10-15(12,13)14;2*1-3(6)5(8)4(2)7/h25-30,33,35H,11-24H2,1-10H3;12-14H,4-10H2,1-3H3;3-8H,1-2H3;3-5,8H,1-2H3/q;+1;;-2. The van der Waals surface area contributed by atoms with Crippen LogP contribution in [-0.4, -0.2) is 254 Å². The Bertz CT molecular complexity index is 1320. The van der Waals surface area contributed by atoms with Crippen LogP contribution in [0, 0.1) is 0 Å². The van der Waals surface area contributed by atoms with Gasteiger partial charge in [-0.1, -0.05) is 66.9 Å². The number of quaternary nitrogens is 3. The lowest BCUT2D eigenvalue weighted by atomic mass is 9.97. The van der Waals surface area contributed by atoms with Gasteiger partial charge in [-0.15, -0.1) is 18.3 Å². The Morgan fingerprint density at radius 1 is 0.473 bits per heavy atom. The number of hydrogen-bond donors (Lipinski definition) is 9. The lowest BCUT2D eigenvalue weighted by Gasteiger charge is -2.45. The van der Waals surface area contributed by atoms with Crippen molar-refractivity contribution in [1.29, 1.82) is 0 Å². The molecule has 0 aromatic heterocycles. The van der Waals surface area contributed by atoms with Crippen molar-refractivity contribution in [1.82, 2.24) is 0 Å². The fraction of sp³-hybridized carbons (Fsp3) is 1.00. The minimum absolute atomic E-state index is 0.155. The Kier molecular flexibility index (Phi) is 41.4. The molecule has 1 saturated heterocycles. The third-order valence-electron chi connectivity index (χ3n) is 13.3. The van der Waals surface area contributed by atoms with E-state index in [1.54, 1.807) is 0 Å². The second-order valence-electron chi connectivity index (χ2n) is 22.7. The molecule has 0 radical (unpaired) electrons. The number of rotatable bonds is 34.